The van der Waals surface area contributed by atoms with Gasteiger partial charge in [0.1, 0.15) is 5.75 Å². The highest BCUT2D eigenvalue weighted by atomic mass is 16.5. The SMILES string of the molecule is CCN(Cc1ccccc1)C(=O)C1CC(=O)N(c2ccccc2OC(C)C)C1. The van der Waals surface area contributed by atoms with E-state index in [1.54, 1.807) is 4.90 Å². The molecule has 0 radical (unpaired) electrons. The summed E-state index contributed by atoms with van der Waals surface area (Å²) < 4.78 is 5.86. The van der Waals surface area contributed by atoms with Crippen LogP contribution in [0.25, 0.3) is 0 Å². The summed E-state index contributed by atoms with van der Waals surface area (Å²) in [6.07, 6.45) is 0.248. The van der Waals surface area contributed by atoms with E-state index in [1.807, 2.05) is 80.3 Å². The van der Waals surface area contributed by atoms with Crippen molar-refractivity contribution in [1.29, 1.82) is 0 Å². The highest BCUT2D eigenvalue weighted by Gasteiger charge is 2.38. The number of hydrogen-bond donors (Lipinski definition) is 0. The Balaban J connectivity index is 1.74. The maximum atomic E-state index is 13.1. The summed E-state index contributed by atoms with van der Waals surface area (Å²) in [5.74, 6) is 0.345. The Morgan fingerprint density at radius 1 is 1.14 bits per heavy atom. The van der Waals surface area contributed by atoms with Gasteiger partial charge in [-0.15, -0.1) is 0 Å². The maximum Gasteiger partial charge on any atom is 0.228 e. The van der Waals surface area contributed by atoms with Crippen LogP contribution in [0.3, 0.4) is 0 Å². The van der Waals surface area contributed by atoms with Crippen LogP contribution in [0.1, 0.15) is 32.8 Å². The summed E-state index contributed by atoms with van der Waals surface area (Å²) in [4.78, 5) is 29.3. The molecule has 3 rings (SSSR count). The lowest BCUT2D eigenvalue weighted by atomic mass is 10.1. The summed E-state index contributed by atoms with van der Waals surface area (Å²) in [5.41, 5.74) is 1.83. The molecule has 1 atom stereocenters. The summed E-state index contributed by atoms with van der Waals surface area (Å²) >= 11 is 0. The quantitative estimate of drug-likeness (QED) is 0.733. The standard InChI is InChI=1S/C23H28N2O3/c1-4-24(15-18-10-6-5-7-11-18)23(27)19-14-22(26)25(16-19)20-12-8-9-13-21(20)28-17(2)3/h5-13,17,19H,4,14-16H2,1-3H3. The third kappa shape index (κ3) is 4.53. The van der Waals surface area contributed by atoms with Crippen molar-refractivity contribution in [2.24, 2.45) is 5.92 Å². The highest BCUT2D eigenvalue weighted by Crippen LogP contribution is 2.34. The number of carbonyl (C=O) groups excluding carboxylic acids is 2. The molecule has 2 amide bonds. The fraction of sp³-hybridized carbons (Fsp3) is 0.391. The molecule has 28 heavy (non-hydrogen) atoms. The normalized spacial score (nSPS) is 16.5. The van der Waals surface area contributed by atoms with Crippen LogP contribution in [-0.4, -0.2) is 35.9 Å². The second-order valence-electron chi connectivity index (χ2n) is 7.38. The number of amides is 2. The van der Waals surface area contributed by atoms with E-state index in [2.05, 4.69) is 0 Å². The van der Waals surface area contributed by atoms with Gasteiger partial charge in [0, 0.05) is 26.1 Å². The first-order valence-corrected chi connectivity index (χ1v) is 9.88. The Labute approximate surface area is 166 Å². The molecule has 0 aliphatic carbocycles. The molecule has 1 aliphatic heterocycles. The van der Waals surface area contributed by atoms with Gasteiger partial charge in [0.05, 0.1) is 17.7 Å². The molecule has 5 heteroatoms. The molecular weight excluding hydrogens is 352 g/mol. The van der Waals surface area contributed by atoms with Crippen LogP contribution in [0, 0.1) is 5.92 Å². The third-order valence-corrected chi connectivity index (χ3v) is 4.90. The van der Waals surface area contributed by atoms with Crippen molar-refractivity contribution in [3.8, 4) is 5.75 Å². The van der Waals surface area contributed by atoms with Crippen molar-refractivity contribution in [2.45, 2.75) is 39.8 Å². The van der Waals surface area contributed by atoms with E-state index in [-0.39, 0.29) is 30.3 Å². The van der Waals surface area contributed by atoms with Gasteiger partial charge >= 0.3 is 0 Å². The average molecular weight is 380 g/mol. The zero-order valence-electron chi connectivity index (χ0n) is 16.8. The third-order valence-electron chi connectivity index (χ3n) is 4.90. The van der Waals surface area contributed by atoms with E-state index in [1.165, 1.54) is 0 Å². The first kappa shape index (κ1) is 19.9. The van der Waals surface area contributed by atoms with Crippen LogP contribution in [0.4, 0.5) is 5.69 Å². The number of benzene rings is 2. The van der Waals surface area contributed by atoms with E-state index in [9.17, 15) is 9.59 Å². The topological polar surface area (TPSA) is 49.9 Å². The van der Waals surface area contributed by atoms with Gasteiger partial charge in [-0.1, -0.05) is 42.5 Å². The van der Waals surface area contributed by atoms with Crippen molar-refractivity contribution in [3.05, 3.63) is 60.2 Å². The lowest BCUT2D eigenvalue weighted by Gasteiger charge is -2.25. The molecule has 1 heterocycles. The predicted molar refractivity (Wildman–Crippen MR) is 110 cm³/mol. The van der Waals surface area contributed by atoms with Crippen molar-refractivity contribution in [3.63, 3.8) is 0 Å². The predicted octanol–water partition coefficient (Wildman–Crippen LogP) is 3.88. The Hall–Kier alpha value is -2.82. The monoisotopic (exact) mass is 380 g/mol. The van der Waals surface area contributed by atoms with E-state index >= 15 is 0 Å². The van der Waals surface area contributed by atoms with Crippen LogP contribution in [0.2, 0.25) is 0 Å². The first-order valence-electron chi connectivity index (χ1n) is 9.88. The Morgan fingerprint density at radius 2 is 1.82 bits per heavy atom. The van der Waals surface area contributed by atoms with E-state index in [0.717, 1.165) is 11.3 Å². The molecule has 1 fully saturated rings. The molecular formula is C23H28N2O3. The number of para-hydroxylation sites is 2. The Morgan fingerprint density at radius 3 is 2.50 bits per heavy atom. The molecule has 1 aliphatic rings. The maximum absolute atomic E-state index is 13.1. The van der Waals surface area contributed by atoms with Crippen LogP contribution in [-0.2, 0) is 16.1 Å². The van der Waals surface area contributed by atoms with E-state index in [0.29, 0.717) is 25.4 Å². The summed E-state index contributed by atoms with van der Waals surface area (Å²) in [5, 5.41) is 0. The number of rotatable bonds is 7. The van der Waals surface area contributed by atoms with Crippen LogP contribution >= 0.6 is 0 Å². The summed E-state index contributed by atoms with van der Waals surface area (Å²) in [7, 11) is 0. The fourth-order valence-corrected chi connectivity index (χ4v) is 3.55. The van der Waals surface area contributed by atoms with Gasteiger partial charge in [0.25, 0.3) is 0 Å². The molecule has 148 valence electrons. The molecule has 0 bridgehead atoms. The van der Waals surface area contributed by atoms with Crippen LogP contribution in [0.15, 0.2) is 54.6 Å². The molecule has 0 N–H and O–H groups in total. The number of hydrogen-bond acceptors (Lipinski definition) is 3. The Bertz CT molecular complexity index is 820. The van der Waals surface area contributed by atoms with E-state index in [4.69, 9.17) is 4.74 Å². The highest BCUT2D eigenvalue weighted by molar-refractivity contribution is 6.01. The number of carbonyl (C=O) groups is 2. The van der Waals surface area contributed by atoms with Gasteiger partial charge in [-0.3, -0.25) is 9.59 Å². The molecule has 5 nitrogen and oxygen atoms in total. The average Bonchev–Trinajstić information content (AvgIpc) is 3.08. The smallest absolute Gasteiger partial charge is 0.228 e. The van der Waals surface area contributed by atoms with Gasteiger partial charge in [-0.25, -0.2) is 0 Å². The molecule has 0 saturated carbocycles. The van der Waals surface area contributed by atoms with Gasteiger partial charge in [-0.2, -0.15) is 0 Å². The lowest BCUT2D eigenvalue weighted by molar-refractivity contribution is -0.136. The number of ether oxygens (including phenoxy) is 1. The van der Waals surface area contributed by atoms with Crippen molar-refractivity contribution < 1.29 is 14.3 Å². The number of nitrogens with zero attached hydrogens (tertiary/aromatic N) is 2. The Kier molecular flexibility index (Phi) is 6.34. The summed E-state index contributed by atoms with van der Waals surface area (Å²) in [6.45, 7) is 7.46. The number of anilines is 1. The zero-order valence-corrected chi connectivity index (χ0v) is 16.8. The van der Waals surface area contributed by atoms with Gasteiger partial charge in [-0.05, 0) is 38.5 Å². The van der Waals surface area contributed by atoms with Crippen molar-refractivity contribution in [2.75, 3.05) is 18.0 Å². The largest absolute Gasteiger partial charge is 0.489 e. The molecule has 2 aromatic rings. The molecule has 0 aromatic heterocycles. The van der Waals surface area contributed by atoms with Crippen molar-refractivity contribution >= 4 is 17.5 Å². The van der Waals surface area contributed by atoms with E-state index < -0.39 is 0 Å². The second-order valence-corrected chi connectivity index (χ2v) is 7.38. The first-order chi connectivity index (χ1) is 13.5. The molecule has 2 aromatic carbocycles. The lowest BCUT2D eigenvalue weighted by Crippen LogP contribution is -2.37. The zero-order chi connectivity index (χ0) is 20.1. The minimum atomic E-state index is -0.330. The second kappa shape index (κ2) is 8.91. The van der Waals surface area contributed by atoms with Crippen molar-refractivity contribution in [1.82, 2.24) is 4.90 Å². The van der Waals surface area contributed by atoms with Crippen LogP contribution in [0.5, 0.6) is 5.75 Å². The minimum Gasteiger partial charge on any atom is -0.489 e. The molecule has 0 spiro atoms. The minimum absolute atomic E-state index is 0.0118. The summed E-state index contributed by atoms with van der Waals surface area (Å²) in [6, 6.07) is 17.5. The van der Waals surface area contributed by atoms with Crippen LogP contribution < -0.4 is 9.64 Å². The fourth-order valence-electron chi connectivity index (χ4n) is 3.55. The molecule has 1 saturated heterocycles. The van der Waals surface area contributed by atoms with Gasteiger partial charge in [0.2, 0.25) is 11.8 Å². The van der Waals surface area contributed by atoms with Gasteiger partial charge < -0.3 is 14.5 Å². The molecule has 1 unspecified atom stereocenters. The van der Waals surface area contributed by atoms with Gasteiger partial charge in [0.15, 0.2) is 0 Å².